The number of benzene rings is 1. The van der Waals surface area contributed by atoms with Gasteiger partial charge in [-0.15, -0.1) is 0 Å². The van der Waals surface area contributed by atoms with Crippen LogP contribution in [0.5, 0.6) is 0 Å². The Bertz CT molecular complexity index is 1140. The Morgan fingerprint density at radius 3 is 2.38 bits per heavy atom. The lowest BCUT2D eigenvalue weighted by Gasteiger charge is -2.10. The second kappa shape index (κ2) is 7.07. The number of fused-ring (bicyclic) bond motifs is 1. The number of aromatic nitrogens is 4. The number of nitrogens with zero attached hydrogens (tertiary/aromatic N) is 4. The predicted octanol–water partition coefficient (Wildman–Crippen LogP) is 4.61. The van der Waals surface area contributed by atoms with E-state index in [1.54, 1.807) is 35.0 Å². The zero-order valence-corrected chi connectivity index (χ0v) is 15.5. The summed E-state index contributed by atoms with van der Waals surface area (Å²) in [6.07, 6.45) is 3.10. The van der Waals surface area contributed by atoms with Gasteiger partial charge in [-0.3, -0.25) is 4.79 Å². The molecular formula is C18H10Cl2N4OS. The van der Waals surface area contributed by atoms with E-state index in [-0.39, 0.29) is 0 Å². The molecule has 5 nitrogen and oxygen atoms in total. The Labute approximate surface area is 162 Å². The molecule has 4 aromatic rings. The summed E-state index contributed by atoms with van der Waals surface area (Å²) in [5.41, 5.74) is 0.945. The van der Waals surface area contributed by atoms with Gasteiger partial charge in [-0.1, -0.05) is 35.3 Å². The van der Waals surface area contributed by atoms with Crippen molar-refractivity contribution >= 4 is 40.5 Å². The first-order valence-electron chi connectivity index (χ1n) is 7.55. The fraction of sp³-hybridized carbons (Fsp3) is 0. The largest absolute Gasteiger partial charge is 0.281 e. The van der Waals surface area contributed by atoms with E-state index in [4.69, 9.17) is 23.2 Å². The highest BCUT2D eigenvalue weighted by atomic mass is 35.5. The molecule has 0 aliphatic rings. The molecule has 26 heavy (non-hydrogen) atoms. The topological polar surface area (TPSA) is 60.2 Å². The summed E-state index contributed by atoms with van der Waals surface area (Å²) < 4.78 is 1.54. The zero-order valence-electron chi connectivity index (χ0n) is 13.1. The molecule has 0 spiro atoms. The van der Waals surface area contributed by atoms with Gasteiger partial charge in [-0.05, 0) is 48.2 Å². The number of hydrogen-bond donors (Lipinski definition) is 0. The van der Waals surface area contributed by atoms with Gasteiger partial charge in [0.15, 0.2) is 0 Å². The molecule has 1 aromatic carbocycles. The molecule has 3 heterocycles. The van der Waals surface area contributed by atoms with Gasteiger partial charge in [-0.25, -0.2) is 9.50 Å². The zero-order chi connectivity index (χ0) is 18.1. The molecule has 0 aliphatic heterocycles. The van der Waals surface area contributed by atoms with Crippen molar-refractivity contribution in [2.45, 2.75) is 10.1 Å². The molecule has 0 fully saturated rings. The Kier molecular flexibility index (Phi) is 4.63. The lowest BCUT2D eigenvalue weighted by Crippen LogP contribution is -2.14. The minimum absolute atomic E-state index is 0.324. The first kappa shape index (κ1) is 17.0. The van der Waals surface area contributed by atoms with Crippen LogP contribution < -0.4 is 5.56 Å². The third-order valence-corrected chi connectivity index (χ3v) is 5.16. The molecular weight excluding hydrogens is 391 g/mol. The number of rotatable bonds is 3. The van der Waals surface area contributed by atoms with E-state index in [9.17, 15) is 4.79 Å². The van der Waals surface area contributed by atoms with E-state index in [0.29, 0.717) is 26.7 Å². The molecule has 128 valence electrons. The minimum atomic E-state index is -0.410. The quantitative estimate of drug-likeness (QED) is 0.502. The van der Waals surface area contributed by atoms with Gasteiger partial charge in [-0.2, -0.15) is 10.1 Å². The standard InChI is InChI=1S/C18H10Cl2N4OS/c19-11-4-3-5-12(20)16(11)17-13-7-8-15(23-24(13)10-22-18(17)25)26-14-6-1-2-9-21-14/h1-10H. The fourth-order valence-electron chi connectivity index (χ4n) is 2.53. The maximum atomic E-state index is 12.4. The van der Waals surface area contributed by atoms with Crippen LogP contribution in [-0.4, -0.2) is 19.6 Å². The fourth-order valence-corrected chi connectivity index (χ4v) is 3.85. The van der Waals surface area contributed by atoms with Crippen molar-refractivity contribution in [2.75, 3.05) is 0 Å². The summed E-state index contributed by atoms with van der Waals surface area (Å²) in [7, 11) is 0. The molecule has 0 saturated heterocycles. The molecule has 3 aromatic heterocycles. The van der Waals surface area contributed by atoms with Gasteiger partial charge < -0.3 is 0 Å². The summed E-state index contributed by atoms with van der Waals surface area (Å²) in [5, 5.41) is 6.82. The van der Waals surface area contributed by atoms with Gasteiger partial charge in [0, 0.05) is 11.8 Å². The maximum Gasteiger partial charge on any atom is 0.281 e. The lowest BCUT2D eigenvalue weighted by atomic mass is 10.1. The maximum absolute atomic E-state index is 12.4. The molecule has 0 aliphatic carbocycles. The van der Waals surface area contributed by atoms with Crippen LogP contribution in [0.25, 0.3) is 16.6 Å². The smallest absolute Gasteiger partial charge is 0.267 e. The number of pyridine rings is 1. The number of halogens is 2. The van der Waals surface area contributed by atoms with Crippen LogP contribution in [0.15, 0.2) is 75.9 Å². The van der Waals surface area contributed by atoms with E-state index in [1.165, 1.54) is 18.1 Å². The van der Waals surface area contributed by atoms with Crippen molar-refractivity contribution < 1.29 is 0 Å². The van der Waals surface area contributed by atoms with Gasteiger partial charge in [0.25, 0.3) is 5.56 Å². The molecule has 0 bridgehead atoms. The Balaban J connectivity index is 1.87. The van der Waals surface area contributed by atoms with Crippen molar-refractivity contribution in [1.82, 2.24) is 19.6 Å². The van der Waals surface area contributed by atoms with Crippen LogP contribution in [0, 0.1) is 0 Å². The molecule has 0 N–H and O–H groups in total. The molecule has 4 rings (SSSR count). The monoisotopic (exact) mass is 400 g/mol. The van der Waals surface area contributed by atoms with E-state index in [0.717, 1.165) is 10.1 Å². The van der Waals surface area contributed by atoms with E-state index in [1.807, 2.05) is 24.3 Å². The average molecular weight is 401 g/mol. The molecule has 8 heteroatoms. The molecule has 0 radical (unpaired) electrons. The van der Waals surface area contributed by atoms with Gasteiger partial charge in [0.2, 0.25) is 0 Å². The van der Waals surface area contributed by atoms with Crippen molar-refractivity contribution in [3.05, 3.63) is 81.5 Å². The van der Waals surface area contributed by atoms with Crippen molar-refractivity contribution in [2.24, 2.45) is 0 Å². The first-order chi connectivity index (χ1) is 12.6. The Hall–Kier alpha value is -2.41. The Morgan fingerprint density at radius 1 is 0.846 bits per heavy atom. The van der Waals surface area contributed by atoms with Crippen LogP contribution in [0.3, 0.4) is 0 Å². The summed E-state index contributed by atoms with van der Waals surface area (Å²) in [6.45, 7) is 0. The lowest BCUT2D eigenvalue weighted by molar-refractivity contribution is 0.823. The first-order valence-corrected chi connectivity index (χ1v) is 9.13. The normalized spacial score (nSPS) is 11.0. The summed E-state index contributed by atoms with van der Waals surface area (Å²) >= 11 is 14.0. The van der Waals surface area contributed by atoms with Crippen LogP contribution in [0.2, 0.25) is 10.0 Å². The molecule has 0 saturated carbocycles. The van der Waals surface area contributed by atoms with E-state index in [2.05, 4.69) is 15.1 Å². The highest BCUT2D eigenvalue weighted by Crippen LogP contribution is 2.35. The third-order valence-electron chi connectivity index (χ3n) is 3.65. The molecule has 0 atom stereocenters. The van der Waals surface area contributed by atoms with Crippen LogP contribution in [0.4, 0.5) is 0 Å². The highest BCUT2D eigenvalue weighted by molar-refractivity contribution is 7.99. The summed E-state index contributed by atoms with van der Waals surface area (Å²) in [6, 6.07) is 14.4. The number of hydrogen-bond acceptors (Lipinski definition) is 5. The predicted molar refractivity (Wildman–Crippen MR) is 103 cm³/mol. The van der Waals surface area contributed by atoms with Crippen molar-refractivity contribution in [1.29, 1.82) is 0 Å². The van der Waals surface area contributed by atoms with Crippen LogP contribution in [-0.2, 0) is 0 Å². The van der Waals surface area contributed by atoms with Crippen molar-refractivity contribution in [3.63, 3.8) is 0 Å². The van der Waals surface area contributed by atoms with E-state index >= 15 is 0 Å². The second-order valence-corrected chi connectivity index (χ2v) is 7.15. The minimum Gasteiger partial charge on any atom is -0.267 e. The van der Waals surface area contributed by atoms with Crippen LogP contribution in [0.1, 0.15) is 0 Å². The third kappa shape index (κ3) is 3.19. The summed E-state index contributed by atoms with van der Waals surface area (Å²) in [5.74, 6) is 0. The van der Waals surface area contributed by atoms with Gasteiger partial charge in [0.05, 0.1) is 21.1 Å². The highest BCUT2D eigenvalue weighted by Gasteiger charge is 2.17. The van der Waals surface area contributed by atoms with E-state index < -0.39 is 5.56 Å². The Morgan fingerprint density at radius 2 is 1.65 bits per heavy atom. The van der Waals surface area contributed by atoms with Crippen molar-refractivity contribution in [3.8, 4) is 11.1 Å². The SMILES string of the molecule is O=c1ncn2nc(Sc3ccccn3)ccc2c1-c1c(Cl)cccc1Cl. The second-order valence-electron chi connectivity index (χ2n) is 5.29. The van der Waals surface area contributed by atoms with Crippen LogP contribution >= 0.6 is 35.0 Å². The molecule has 0 amide bonds. The van der Waals surface area contributed by atoms with Gasteiger partial charge in [0.1, 0.15) is 16.4 Å². The molecule has 0 unspecified atom stereocenters. The van der Waals surface area contributed by atoms with Gasteiger partial charge >= 0.3 is 0 Å². The average Bonchev–Trinajstić information content (AvgIpc) is 2.64. The summed E-state index contributed by atoms with van der Waals surface area (Å²) in [4.78, 5) is 20.6.